The molecule has 14 rings (SSSR count). The molecule has 0 fully saturated rings. The van der Waals surface area contributed by atoms with Crippen LogP contribution in [0.1, 0.15) is 28.2 Å². The number of anilines is 4. The lowest BCUT2D eigenvalue weighted by molar-refractivity contribution is 0.279. The van der Waals surface area contributed by atoms with Crippen molar-refractivity contribution in [2.75, 3.05) is 46.5 Å². The van der Waals surface area contributed by atoms with Gasteiger partial charge in [0.05, 0.1) is 13.1 Å². The molecule has 84 heavy (non-hydrogen) atoms. The standard InChI is InChI=1S/C18H14F2N2O.C17H12F2N2O.C13H7F5N2O.C13H10F2N2O/c1-11-2-3-12-4-5-13-9-22(10-23-18(13)17(12)21-11)14-6-7-15(19)16(20)8-14;18-14-6-5-13(8-15(14)19)21-9-12-4-3-11-2-1-7-20-16(11)17(12)22-10-21;14-8-9(15)11(17)13(12(18)10(8)16)20-4-6-7(21-5-20)2-1-3-19-6;14-10-4-3-9(6-11(10)15)17-7-12-13(18-8-17)2-1-5-16-12/h2-8H,9-10H2,1H3;1-8H,9-10H2;1-3H,4-5H2;1-6H,7-8H2. The Morgan fingerprint density at radius 1 is 0.369 bits per heavy atom. The van der Waals surface area contributed by atoms with Gasteiger partial charge in [-0.2, -0.15) is 0 Å². The number of hydrogen-bond donors (Lipinski definition) is 0. The second-order valence-electron chi connectivity index (χ2n) is 19.2. The van der Waals surface area contributed by atoms with Gasteiger partial charge in [0.2, 0.25) is 5.82 Å². The van der Waals surface area contributed by atoms with Crippen LogP contribution in [0.5, 0.6) is 23.0 Å². The van der Waals surface area contributed by atoms with Crippen LogP contribution in [0.2, 0.25) is 0 Å². The van der Waals surface area contributed by atoms with Gasteiger partial charge in [0.15, 0.2) is 96.6 Å². The Hall–Kier alpha value is -9.93. The number of hydrogen-bond acceptors (Lipinski definition) is 12. The second kappa shape index (κ2) is 23.9. The van der Waals surface area contributed by atoms with Crippen molar-refractivity contribution in [3.63, 3.8) is 0 Å². The molecule has 0 atom stereocenters. The van der Waals surface area contributed by atoms with E-state index in [0.29, 0.717) is 54.9 Å². The summed E-state index contributed by atoms with van der Waals surface area (Å²) in [6, 6.07) is 34.1. The number of benzene rings is 6. The van der Waals surface area contributed by atoms with Crippen LogP contribution in [0.25, 0.3) is 21.8 Å². The Kier molecular flexibility index (Phi) is 15.9. The Bertz CT molecular complexity index is 4100. The highest BCUT2D eigenvalue weighted by Gasteiger charge is 2.32. The third kappa shape index (κ3) is 11.6. The number of rotatable bonds is 4. The van der Waals surface area contributed by atoms with E-state index in [9.17, 15) is 48.3 Å². The van der Waals surface area contributed by atoms with Gasteiger partial charge in [-0.25, -0.2) is 53.3 Å². The molecule has 6 aromatic carbocycles. The molecule has 0 amide bonds. The molecular formula is C61H43F11N8O4. The molecule has 0 aliphatic carbocycles. The van der Waals surface area contributed by atoms with E-state index in [2.05, 4.69) is 19.9 Å². The number of fused-ring (bicyclic) bond motifs is 8. The fourth-order valence-corrected chi connectivity index (χ4v) is 9.47. The lowest BCUT2D eigenvalue weighted by atomic mass is 10.1. The largest absolute Gasteiger partial charge is 0.471 e. The molecule has 0 saturated carbocycles. The number of nitrogens with zero attached hydrogens (tertiary/aromatic N) is 8. The van der Waals surface area contributed by atoms with Gasteiger partial charge >= 0.3 is 0 Å². The van der Waals surface area contributed by atoms with Crippen molar-refractivity contribution in [3.05, 3.63) is 238 Å². The van der Waals surface area contributed by atoms with Crippen molar-refractivity contribution in [1.29, 1.82) is 0 Å². The van der Waals surface area contributed by atoms with Crippen LogP contribution >= 0.6 is 0 Å². The molecule has 4 aliphatic rings. The van der Waals surface area contributed by atoms with Crippen LogP contribution in [0, 0.1) is 70.9 Å². The molecule has 0 saturated heterocycles. The lowest BCUT2D eigenvalue weighted by Crippen LogP contribution is -2.34. The summed E-state index contributed by atoms with van der Waals surface area (Å²) in [7, 11) is 0. The second-order valence-corrected chi connectivity index (χ2v) is 19.2. The summed E-state index contributed by atoms with van der Waals surface area (Å²) in [5.74, 6) is -12.4. The minimum absolute atomic E-state index is 0.130. The van der Waals surface area contributed by atoms with Crippen molar-refractivity contribution in [2.24, 2.45) is 0 Å². The number of halogens is 11. The Balaban J connectivity index is 0.000000117. The average molecular weight is 1160 g/mol. The zero-order valence-corrected chi connectivity index (χ0v) is 43.9. The molecule has 12 nitrogen and oxygen atoms in total. The maximum Gasteiger partial charge on any atom is 0.200 e. The fourth-order valence-electron chi connectivity index (χ4n) is 9.47. The monoisotopic (exact) mass is 1160 g/mol. The summed E-state index contributed by atoms with van der Waals surface area (Å²) in [5.41, 5.74) is 6.40. The summed E-state index contributed by atoms with van der Waals surface area (Å²) in [4.78, 5) is 23.5. The average Bonchev–Trinajstić information content (AvgIpc) is 3.58. The van der Waals surface area contributed by atoms with Crippen LogP contribution in [0.4, 0.5) is 71.0 Å². The molecule has 4 aromatic heterocycles. The summed E-state index contributed by atoms with van der Waals surface area (Å²) < 4.78 is 168. The molecule has 10 aromatic rings. The van der Waals surface area contributed by atoms with E-state index < -0.39 is 69.7 Å². The molecular weight excluding hydrogens is 1120 g/mol. The van der Waals surface area contributed by atoms with E-state index >= 15 is 0 Å². The fraction of sp³-hybridized carbons (Fsp3) is 0.148. The number of aromatic nitrogens is 4. The summed E-state index contributed by atoms with van der Waals surface area (Å²) in [5, 5.41) is 2.04. The van der Waals surface area contributed by atoms with Gasteiger partial charge in [0.1, 0.15) is 39.6 Å². The van der Waals surface area contributed by atoms with Crippen LogP contribution in [0.3, 0.4) is 0 Å². The van der Waals surface area contributed by atoms with Crippen LogP contribution in [-0.2, 0) is 26.2 Å². The predicted octanol–water partition coefficient (Wildman–Crippen LogP) is 13.9. The molecule has 4 aliphatic heterocycles. The molecule has 428 valence electrons. The topological polar surface area (TPSA) is 101 Å². The van der Waals surface area contributed by atoms with E-state index in [-0.39, 0.29) is 26.7 Å². The van der Waals surface area contributed by atoms with Gasteiger partial charge in [-0.3, -0.25) is 15.0 Å². The van der Waals surface area contributed by atoms with Crippen LogP contribution in [-0.4, -0.2) is 46.9 Å². The third-order valence-electron chi connectivity index (χ3n) is 13.7. The molecule has 0 unspecified atom stereocenters. The van der Waals surface area contributed by atoms with Crippen LogP contribution < -0.4 is 38.5 Å². The Labute approximate surface area is 471 Å². The minimum atomic E-state index is -2.19. The third-order valence-corrected chi connectivity index (χ3v) is 13.7. The molecule has 8 heterocycles. The Morgan fingerprint density at radius 3 is 1.29 bits per heavy atom. The van der Waals surface area contributed by atoms with Crippen molar-refractivity contribution in [2.45, 2.75) is 33.1 Å². The molecule has 0 radical (unpaired) electrons. The maximum absolute atomic E-state index is 13.7. The van der Waals surface area contributed by atoms with Crippen molar-refractivity contribution in [1.82, 2.24) is 19.9 Å². The quantitative estimate of drug-likeness (QED) is 0.0953. The number of ether oxygens (including phenoxy) is 4. The maximum atomic E-state index is 13.7. The van der Waals surface area contributed by atoms with Crippen molar-refractivity contribution < 1.29 is 67.2 Å². The van der Waals surface area contributed by atoms with E-state index in [1.807, 2.05) is 71.3 Å². The van der Waals surface area contributed by atoms with E-state index in [1.54, 1.807) is 47.6 Å². The molecule has 0 spiro atoms. The van der Waals surface area contributed by atoms with Gasteiger partial charge < -0.3 is 38.5 Å². The summed E-state index contributed by atoms with van der Waals surface area (Å²) >= 11 is 0. The van der Waals surface area contributed by atoms with E-state index in [4.69, 9.17) is 18.9 Å². The SMILES string of the molecule is Cc1ccc2ccc3c(c2n1)OCN(c1ccc(F)c(F)c1)C3.Fc1c(F)c(F)c(N2COc3cccnc3C2)c(F)c1F.Fc1ccc(N2COc3c(ccc4cccnc34)C2)cc1F.Fc1ccc(N2COc3cccnc3C2)cc1F. The highest BCUT2D eigenvalue weighted by molar-refractivity contribution is 5.87. The number of pyridine rings is 4. The summed E-state index contributed by atoms with van der Waals surface area (Å²) in [6.45, 7) is 3.94. The highest BCUT2D eigenvalue weighted by Crippen LogP contribution is 2.38. The molecule has 23 heteroatoms. The van der Waals surface area contributed by atoms with Gasteiger partial charge in [-0.05, 0) is 79.7 Å². The van der Waals surface area contributed by atoms with Crippen molar-refractivity contribution in [3.8, 4) is 23.0 Å². The predicted molar refractivity (Wildman–Crippen MR) is 289 cm³/mol. The summed E-state index contributed by atoms with van der Waals surface area (Å²) in [6.07, 6.45) is 4.84. The first-order valence-corrected chi connectivity index (χ1v) is 25.6. The molecule has 0 bridgehead atoms. The zero-order chi connectivity index (χ0) is 58.8. The number of aryl methyl sites for hydroxylation is 1. The lowest BCUT2D eigenvalue weighted by Gasteiger charge is -2.31. The highest BCUT2D eigenvalue weighted by atomic mass is 19.2. The van der Waals surface area contributed by atoms with Gasteiger partial charge in [0.25, 0.3) is 0 Å². The van der Waals surface area contributed by atoms with E-state index in [0.717, 1.165) is 90.7 Å². The van der Waals surface area contributed by atoms with Crippen LogP contribution in [0.15, 0.2) is 146 Å². The minimum Gasteiger partial charge on any atom is -0.471 e. The van der Waals surface area contributed by atoms with E-state index in [1.165, 1.54) is 24.4 Å². The van der Waals surface area contributed by atoms with Gasteiger partial charge in [-0.1, -0.05) is 36.4 Å². The van der Waals surface area contributed by atoms with Gasteiger partial charge in [0, 0.05) is 94.5 Å². The zero-order valence-electron chi connectivity index (χ0n) is 43.9. The van der Waals surface area contributed by atoms with Gasteiger partial charge in [-0.15, -0.1) is 0 Å². The first-order chi connectivity index (χ1) is 40.6. The normalized spacial score (nSPS) is 13.9. The Morgan fingerprint density at radius 2 is 0.774 bits per heavy atom. The first-order valence-electron chi connectivity index (χ1n) is 25.6. The first kappa shape index (κ1) is 56.0. The smallest absolute Gasteiger partial charge is 0.200 e. The molecule has 0 N–H and O–H groups in total. The van der Waals surface area contributed by atoms with Crippen molar-refractivity contribution >= 4 is 44.6 Å².